The Bertz CT molecular complexity index is 2290. The predicted octanol–water partition coefficient (Wildman–Crippen LogP) is 1.44. The van der Waals surface area contributed by atoms with Crippen molar-refractivity contribution in [2.75, 3.05) is 69.5 Å². The van der Waals surface area contributed by atoms with E-state index in [4.69, 9.17) is 0 Å². The van der Waals surface area contributed by atoms with Crippen LogP contribution in [0.5, 0.6) is 0 Å². The molecule has 0 aromatic carbocycles. The largest absolute Gasteiger partial charge is 0.390 e. The molecule has 0 aromatic rings. The van der Waals surface area contributed by atoms with Crippen molar-refractivity contribution in [3.05, 3.63) is 12.2 Å². The Labute approximate surface area is 501 Å². The number of nitrogens with zero attached hydrogens (tertiary/aromatic N) is 7. The number of carbonyl (C=O) groups excluding carboxylic acids is 11. The first kappa shape index (κ1) is 75.8. The van der Waals surface area contributed by atoms with Gasteiger partial charge >= 0.3 is 0 Å². The SMILES string of the molecule is C/C=C/C[C@@H](C)[C@@H](O)[C@H]1C(=O)N[C@@H](CC)C(=O)N(C)CC(=O)N(C)[C@@H](CNC)C(=O)N[C@@H](C(C)C)C(=O)N(C)[C@@H](CC(C)C)C(=O)N[C@@H](C)C(=O)N[C@H](C)C(=O)N(C)[C@@H](CC(C)C)C(=O)N(C)[C@@H](CC(C)C)C(=O)N(C)[C@@H](C(C)C)C(=O)N1C. The van der Waals surface area contributed by atoms with Crippen molar-refractivity contribution >= 4 is 65.0 Å². The summed E-state index contributed by atoms with van der Waals surface area (Å²) in [6, 6.07) is -12.5. The van der Waals surface area contributed by atoms with Crippen molar-refractivity contribution < 1.29 is 57.8 Å². The summed E-state index contributed by atoms with van der Waals surface area (Å²) in [4.78, 5) is 168. The van der Waals surface area contributed by atoms with Crippen LogP contribution in [0.2, 0.25) is 0 Å². The molecule has 0 bridgehead atoms. The lowest BCUT2D eigenvalue weighted by molar-refractivity contribution is -0.157. The summed E-state index contributed by atoms with van der Waals surface area (Å²) < 4.78 is 0. The zero-order chi connectivity index (χ0) is 65.1. The molecule has 6 N–H and O–H groups in total. The molecular formula is C60H108N12O12. The molecule has 11 amide bonds. The number of amides is 11. The first-order valence-electron chi connectivity index (χ1n) is 29.9. The second kappa shape index (κ2) is 34.7. The lowest BCUT2D eigenvalue weighted by Crippen LogP contribution is -2.63. The van der Waals surface area contributed by atoms with E-state index in [0.717, 1.165) is 14.7 Å². The van der Waals surface area contributed by atoms with Gasteiger partial charge in [-0.1, -0.05) is 95.2 Å². The van der Waals surface area contributed by atoms with Crippen LogP contribution in [-0.4, -0.2) is 240 Å². The van der Waals surface area contributed by atoms with Gasteiger partial charge in [-0.15, -0.1) is 0 Å². The number of hydrogen-bond acceptors (Lipinski definition) is 13. The summed E-state index contributed by atoms with van der Waals surface area (Å²) in [5.74, 6) is -9.76. The first-order chi connectivity index (χ1) is 38.9. The van der Waals surface area contributed by atoms with E-state index in [-0.39, 0.29) is 50.0 Å². The van der Waals surface area contributed by atoms with Crippen molar-refractivity contribution in [1.82, 2.24) is 60.9 Å². The zero-order valence-corrected chi connectivity index (χ0v) is 55.0. The minimum absolute atomic E-state index is 0.0153. The van der Waals surface area contributed by atoms with Gasteiger partial charge in [0.25, 0.3) is 0 Å². The molecular weight excluding hydrogens is 1080 g/mol. The molecule has 12 atom stereocenters. The van der Waals surface area contributed by atoms with Crippen LogP contribution in [0, 0.1) is 35.5 Å². The quantitative estimate of drug-likeness (QED) is 0.127. The number of carbonyl (C=O) groups is 11. The second-order valence-electron chi connectivity index (χ2n) is 25.0. The summed E-state index contributed by atoms with van der Waals surface area (Å²) in [7, 11) is 11.4. The van der Waals surface area contributed by atoms with E-state index >= 15 is 9.59 Å². The summed E-state index contributed by atoms with van der Waals surface area (Å²) in [6.07, 6.45) is 2.85. The van der Waals surface area contributed by atoms with Crippen molar-refractivity contribution in [2.24, 2.45) is 35.5 Å². The Hall–Kier alpha value is -6.17. The topological polar surface area (TPSA) is 291 Å². The van der Waals surface area contributed by atoms with E-state index in [1.54, 1.807) is 67.7 Å². The summed E-state index contributed by atoms with van der Waals surface area (Å²) in [6.45, 7) is 25.4. The van der Waals surface area contributed by atoms with E-state index < -0.39 is 156 Å². The molecule has 0 aromatic heterocycles. The zero-order valence-electron chi connectivity index (χ0n) is 55.0. The Morgan fingerprint density at radius 3 is 1.43 bits per heavy atom. The van der Waals surface area contributed by atoms with Gasteiger partial charge in [0.2, 0.25) is 65.0 Å². The van der Waals surface area contributed by atoms with Gasteiger partial charge < -0.3 is 66.0 Å². The molecule has 24 heteroatoms. The number of hydrogen-bond donors (Lipinski definition) is 6. The van der Waals surface area contributed by atoms with Gasteiger partial charge in [0.15, 0.2) is 0 Å². The number of allylic oxidation sites excluding steroid dienone is 2. The highest BCUT2D eigenvalue weighted by Crippen LogP contribution is 2.25. The molecule has 0 unspecified atom stereocenters. The fourth-order valence-electron chi connectivity index (χ4n) is 10.4. The van der Waals surface area contributed by atoms with E-state index in [1.165, 1.54) is 82.8 Å². The third-order valence-electron chi connectivity index (χ3n) is 15.8. The van der Waals surface area contributed by atoms with Crippen LogP contribution in [0.3, 0.4) is 0 Å². The van der Waals surface area contributed by atoms with Crippen LogP contribution in [0.1, 0.15) is 136 Å². The van der Waals surface area contributed by atoms with Crippen LogP contribution in [-0.2, 0) is 52.7 Å². The summed E-state index contributed by atoms with van der Waals surface area (Å²) in [5, 5.41) is 25.8. The van der Waals surface area contributed by atoms with Gasteiger partial charge in [-0.25, -0.2) is 0 Å². The maximum Gasteiger partial charge on any atom is 0.246 e. The number of nitrogens with one attached hydrogen (secondary N) is 5. The van der Waals surface area contributed by atoms with Crippen molar-refractivity contribution in [1.29, 1.82) is 0 Å². The fraction of sp³-hybridized carbons (Fsp3) is 0.783. The molecule has 480 valence electrons. The fourth-order valence-corrected chi connectivity index (χ4v) is 10.4. The Morgan fingerprint density at radius 1 is 0.512 bits per heavy atom. The first-order valence-corrected chi connectivity index (χ1v) is 29.9. The summed E-state index contributed by atoms with van der Waals surface area (Å²) in [5.41, 5.74) is 0. The van der Waals surface area contributed by atoms with Gasteiger partial charge in [0.1, 0.15) is 60.4 Å². The predicted molar refractivity (Wildman–Crippen MR) is 323 cm³/mol. The van der Waals surface area contributed by atoms with Gasteiger partial charge in [0.05, 0.1) is 12.6 Å². The van der Waals surface area contributed by atoms with E-state index in [1.807, 2.05) is 41.5 Å². The van der Waals surface area contributed by atoms with Gasteiger partial charge in [-0.05, 0) is 95.4 Å². The molecule has 0 saturated carbocycles. The van der Waals surface area contributed by atoms with Crippen LogP contribution in [0.4, 0.5) is 0 Å². The molecule has 24 nitrogen and oxygen atoms in total. The van der Waals surface area contributed by atoms with Gasteiger partial charge in [0, 0.05) is 55.9 Å². The van der Waals surface area contributed by atoms with Crippen LogP contribution < -0.4 is 26.6 Å². The van der Waals surface area contributed by atoms with E-state index in [9.17, 15) is 48.3 Å². The molecule has 84 heavy (non-hydrogen) atoms. The smallest absolute Gasteiger partial charge is 0.246 e. The maximum absolute atomic E-state index is 15.1. The van der Waals surface area contributed by atoms with Gasteiger partial charge in [-0.3, -0.25) is 52.7 Å². The van der Waals surface area contributed by atoms with Crippen molar-refractivity contribution in [3.63, 3.8) is 0 Å². The average Bonchev–Trinajstić information content (AvgIpc) is 3.46. The molecule has 1 rings (SSSR count). The lowest BCUT2D eigenvalue weighted by atomic mass is 9.91. The maximum atomic E-state index is 15.1. The Balaban J connectivity index is 4.29. The van der Waals surface area contributed by atoms with E-state index in [0.29, 0.717) is 6.42 Å². The summed E-state index contributed by atoms with van der Waals surface area (Å²) >= 11 is 0. The Morgan fingerprint density at radius 2 is 0.964 bits per heavy atom. The number of likely N-dealkylation sites (N-methyl/N-ethyl adjacent to an activating group) is 8. The standard InChI is InChI=1S/C60H108N12O12/c1-24-26-27-38(13)50(74)49-54(78)64-41(25-2)56(80)66(17)32-46(73)67(18)45(31-61-16)53(77)65-47(36(9)10)59(83)68(19)42(28-33(3)4)52(76)62-39(14)51(75)63-40(15)55(79)69(20)43(29-34(5)6)57(81)70(21)44(30-35(7)8)58(82)71(22)48(37(11)12)60(84)72(49)23/h24,26,33-45,47-50,61,74H,25,27-32H2,1-23H3,(H,62,76)(H,63,75)(H,64,78)(H,65,77)/b26-24+/t38-,39+,40-,41+,42+,43+,44+,45+,47+,48+,49+,50-/m1/s1. The number of aliphatic hydroxyl groups excluding tert-OH is 1. The molecule has 1 heterocycles. The second-order valence-corrected chi connectivity index (χ2v) is 25.0. The van der Waals surface area contributed by atoms with Crippen molar-refractivity contribution in [2.45, 2.75) is 202 Å². The third-order valence-corrected chi connectivity index (χ3v) is 15.8. The number of aliphatic hydroxyl groups is 1. The normalized spacial score (nSPS) is 27.0. The molecule has 0 aliphatic carbocycles. The molecule has 1 aliphatic rings. The average molecular weight is 1190 g/mol. The highest BCUT2D eigenvalue weighted by atomic mass is 16.3. The highest BCUT2D eigenvalue weighted by molar-refractivity contribution is 5.99. The molecule has 0 spiro atoms. The minimum atomic E-state index is -1.61. The van der Waals surface area contributed by atoms with Gasteiger partial charge in [-0.2, -0.15) is 0 Å². The monoisotopic (exact) mass is 1190 g/mol. The third kappa shape index (κ3) is 20.8. The lowest BCUT2D eigenvalue weighted by Gasteiger charge is -2.41. The number of rotatable bonds is 15. The minimum Gasteiger partial charge on any atom is -0.390 e. The molecule has 1 aliphatic heterocycles. The molecule has 1 fully saturated rings. The van der Waals surface area contributed by atoms with Crippen LogP contribution >= 0.6 is 0 Å². The Kier molecular flexibility index (Phi) is 31.3. The van der Waals surface area contributed by atoms with E-state index in [2.05, 4.69) is 26.6 Å². The molecule has 1 saturated heterocycles. The van der Waals surface area contributed by atoms with Crippen LogP contribution in [0.15, 0.2) is 12.2 Å². The van der Waals surface area contributed by atoms with Crippen LogP contribution in [0.25, 0.3) is 0 Å². The highest BCUT2D eigenvalue weighted by Gasteiger charge is 2.45. The molecule has 0 radical (unpaired) electrons. The van der Waals surface area contributed by atoms with Crippen molar-refractivity contribution in [3.8, 4) is 0 Å².